The second kappa shape index (κ2) is 6.70. The molecule has 5 nitrogen and oxygen atoms in total. The number of unbranched alkanes of at least 4 members (excludes halogenated alkanes) is 1. The van der Waals surface area contributed by atoms with E-state index in [0.29, 0.717) is 19.7 Å². The van der Waals surface area contributed by atoms with E-state index >= 15 is 0 Å². The highest BCUT2D eigenvalue weighted by Crippen LogP contribution is 2.08. The Labute approximate surface area is 97.5 Å². The van der Waals surface area contributed by atoms with Gasteiger partial charge in [0.05, 0.1) is 6.61 Å². The largest absolute Gasteiger partial charge is 0.449 e. The van der Waals surface area contributed by atoms with Gasteiger partial charge in [0, 0.05) is 32.2 Å². The summed E-state index contributed by atoms with van der Waals surface area (Å²) >= 11 is 0. The smallest absolute Gasteiger partial charge is 0.409 e. The minimum Gasteiger partial charge on any atom is -0.449 e. The van der Waals surface area contributed by atoms with Gasteiger partial charge in [-0.1, -0.05) is 13.3 Å². The molecule has 5 heteroatoms. The third-order valence-corrected chi connectivity index (χ3v) is 3.03. The molecule has 0 bridgehead atoms. The Bertz CT molecular complexity index is 223. The molecular weight excluding hydrogens is 206 g/mol. The van der Waals surface area contributed by atoms with Crippen molar-refractivity contribution in [2.24, 2.45) is 5.73 Å². The number of nitrogens with zero attached hydrogens (tertiary/aromatic N) is 2. The predicted octanol–water partition coefficient (Wildman–Crippen LogP) is 0.498. The van der Waals surface area contributed by atoms with Crippen LogP contribution in [0.3, 0.4) is 0 Å². The molecule has 0 radical (unpaired) electrons. The fourth-order valence-corrected chi connectivity index (χ4v) is 1.76. The lowest BCUT2D eigenvalue weighted by Crippen LogP contribution is -2.55. The molecule has 1 unspecified atom stereocenters. The normalized spacial score (nSPS) is 22.2. The van der Waals surface area contributed by atoms with Crippen molar-refractivity contribution >= 4 is 6.09 Å². The van der Waals surface area contributed by atoms with Crippen molar-refractivity contribution in [1.82, 2.24) is 9.80 Å². The first-order chi connectivity index (χ1) is 7.69. The topological polar surface area (TPSA) is 58.8 Å². The zero-order chi connectivity index (χ0) is 12.0. The summed E-state index contributed by atoms with van der Waals surface area (Å²) in [7, 11) is 2.04. The molecular formula is C11H23N3O2. The highest BCUT2D eigenvalue weighted by atomic mass is 16.6. The molecule has 0 aromatic carbocycles. The number of hydrogen-bond donors (Lipinski definition) is 1. The van der Waals surface area contributed by atoms with Gasteiger partial charge in [0.1, 0.15) is 0 Å². The van der Waals surface area contributed by atoms with Gasteiger partial charge in [-0.25, -0.2) is 4.79 Å². The summed E-state index contributed by atoms with van der Waals surface area (Å²) in [6.07, 6.45) is 1.78. The highest BCUT2D eigenvalue weighted by Gasteiger charge is 2.26. The molecule has 2 N–H and O–H groups in total. The van der Waals surface area contributed by atoms with Crippen LogP contribution in [0.4, 0.5) is 4.79 Å². The lowest BCUT2D eigenvalue weighted by molar-refractivity contribution is 0.0618. The maximum Gasteiger partial charge on any atom is 0.409 e. The Balaban J connectivity index is 2.33. The summed E-state index contributed by atoms with van der Waals surface area (Å²) in [6, 6.07) is 0.257. The van der Waals surface area contributed by atoms with Crippen molar-refractivity contribution in [3.05, 3.63) is 0 Å². The molecule has 1 amide bonds. The number of nitrogens with two attached hydrogens (primary N) is 1. The van der Waals surface area contributed by atoms with Crippen LogP contribution in [0.25, 0.3) is 0 Å². The molecule has 1 heterocycles. The maximum atomic E-state index is 11.7. The monoisotopic (exact) mass is 229 g/mol. The highest BCUT2D eigenvalue weighted by molar-refractivity contribution is 5.67. The van der Waals surface area contributed by atoms with E-state index in [1.54, 1.807) is 4.90 Å². The van der Waals surface area contributed by atoms with Crippen LogP contribution >= 0.6 is 0 Å². The molecule has 1 rings (SSSR count). The second-order valence-corrected chi connectivity index (χ2v) is 4.28. The van der Waals surface area contributed by atoms with Gasteiger partial charge < -0.3 is 15.4 Å². The Hall–Kier alpha value is -0.810. The van der Waals surface area contributed by atoms with Gasteiger partial charge in [0.25, 0.3) is 0 Å². The lowest BCUT2D eigenvalue weighted by atomic mass is 10.2. The van der Waals surface area contributed by atoms with Crippen molar-refractivity contribution in [3.63, 3.8) is 0 Å². The molecule has 0 spiro atoms. The summed E-state index contributed by atoms with van der Waals surface area (Å²) < 4.78 is 5.18. The Morgan fingerprint density at radius 3 is 2.88 bits per heavy atom. The zero-order valence-corrected chi connectivity index (χ0v) is 10.3. The van der Waals surface area contributed by atoms with E-state index in [-0.39, 0.29) is 12.1 Å². The number of carbonyl (C=O) groups excluding carboxylic acids is 1. The number of rotatable bonds is 4. The van der Waals surface area contributed by atoms with Crippen LogP contribution in [0.5, 0.6) is 0 Å². The van der Waals surface area contributed by atoms with E-state index in [9.17, 15) is 4.79 Å². The Morgan fingerprint density at radius 1 is 1.50 bits per heavy atom. The van der Waals surface area contributed by atoms with Crippen LogP contribution in [-0.2, 0) is 4.74 Å². The van der Waals surface area contributed by atoms with Crippen molar-refractivity contribution in [1.29, 1.82) is 0 Å². The summed E-state index contributed by atoms with van der Waals surface area (Å²) in [5.74, 6) is 0. The zero-order valence-electron chi connectivity index (χ0n) is 10.3. The number of hydrogen-bond acceptors (Lipinski definition) is 4. The molecule has 16 heavy (non-hydrogen) atoms. The van der Waals surface area contributed by atoms with E-state index in [2.05, 4.69) is 11.8 Å². The average molecular weight is 229 g/mol. The Kier molecular flexibility index (Phi) is 5.55. The van der Waals surface area contributed by atoms with E-state index in [1.807, 2.05) is 7.05 Å². The van der Waals surface area contributed by atoms with Gasteiger partial charge in [0.2, 0.25) is 0 Å². The van der Waals surface area contributed by atoms with Crippen molar-refractivity contribution in [2.75, 3.05) is 39.8 Å². The molecule has 1 saturated heterocycles. The molecule has 1 fully saturated rings. The fraction of sp³-hybridized carbons (Fsp3) is 0.909. The van der Waals surface area contributed by atoms with E-state index in [0.717, 1.165) is 25.9 Å². The van der Waals surface area contributed by atoms with Crippen LogP contribution < -0.4 is 5.73 Å². The average Bonchev–Trinajstić information content (AvgIpc) is 2.30. The van der Waals surface area contributed by atoms with Crippen LogP contribution in [0, 0.1) is 0 Å². The van der Waals surface area contributed by atoms with E-state index < -0.39 is 0 Å². The molecule has 0 aromatic rings. The van der Waals surface area contributed by atoms with Crippen LogP contribution in [0.15, 0.2) is 0 Å². The molecule has 0 saturated carbocycles. The van der Waals surface area contributed by atoms with Gasteiger partial charge in [-0.3, -0.25) is 4.90 Å². The van der Waals surface area contributed by atoms with Crippen LogP contribution in [0.1, 0.15) is 19.8 Å². The van der Waals surface area contributed by atoms with Crippen molar-refractivity contribution in [3.8, 4) is 0 Å². The summed E-state index contributed by atoms with van der Waals surface area (Å²) in [5.41, 5.74) is 5.66. The van der Waals surface area contributed by atoms with Crippen molar-refractivity contribution < 1.29 is 9.53 Å². The minimum atomic E-state index is -0.194. The standard InChI is InChI=1S/C11H23N3O2/c1-3-4-7-16-11(15)14-6-5-13(2)10(8-12)9-14/h10H,3-9,12H2,1-2H3. The number of carbonyl (C=O) groups is 1. The predicted molar refractivity (Wildman–Crippen MR) is 63.3 cm³/mol. The SMILES string of the molecule is CCCCOC(=O)N1CCN(C)C(CN)C1. The molecule has 1 aliphatic heterocycles. The number of amides is 1. The first kappa shape index (κ1) is 13.3. The second-order valence-electron chi connectivity index (χ2n) is 4.28. The fourth-order valence-electron chi connectivity index (χ4n) is 1.76. The van der Waals surface area contributed by atoms with Crippen LogP contribution in [0.2, 0.25) is 0 Å². The third kappa shape index (κ3) is 3.64. The molecule has 1 aliphatic rings. The lowest BCUT2D eigenvalue weighted by Gasteiger charge is -2.38. The van der Waals surface area contributed by atoms with E-state index in [4.69, 9.17) is 10.5 Å². The summed E-state index contributed by atoms with van der Waals surface area (Å²) in [6.45, 7) is 5.46. The summed E-state index contributed by atoms with van der Waals surface area (Å²) in [5, 5.41) is 0. The third-order valence-electron chi connectivity index (χ3n) is 3.03. The number of piperazine rings is 1. The minimum absolute atomic E-state index is 0.194. The first-order valence-electron chi connectivity index (χ1n) is 6.01. The van der Waals surface area contributed by atoms with Crippen molar-refractivity contribution in [2.45, 2.75) is 25.8 Å². The van der Waals surface area contributed by atoms with E-state index in [1.165, 1.54) is 0 Å². The molecule has 94 valence electrons. The number of ether oxygens (including phenoxy) is 1. The molecule has 1 atom stereocenters. The van der Waals surface area contributed by atoms with Gasteiger partial charge >= 0.3 is 6.09 Å². The Morgan fingerprint density at radius 2 is 2.25 bits per heavy atom. The summed E-state index contributed by atoms with van der Waals surface area (Å²) in [4.78, 5) is 15.6. The first-order valence-corrected chi connectivity index (χ1v) is 6.01. The maximum absolute atomic E-state index is 11.7. The quantitative estimate of drug-likeness (QED) is 0.713. The van der Waals surface area contributed by atoms with Gasteiger partial charge in [0.15, 0.2) is 0 Å². The molecule has 0 aliphatic carbocycles. The van der Waals surface area contributed by atoms with Gasteiger partial charge in [-0.15, -0.1) is 0 Å². The number of likely N-dealkylation sites (N-methyl/N-ethyl adjacent to an activating group) is 1. The van der Waals surface area contributed by atoms with Crippen LogP contribution in [-0.4, -0.2) is 61.8 Å². The van der Waals surface area contributed by atoms with Gasteiger partial charge in [-0.2, -0.15) is 0 Å². The molecule has 0 aromatic heterocycles. The van der Waals surface area contributed by atoms with Gasteiger partial charge in [-0.05, 0) is 13.5 Å².